The number of hydrogen-bond acceptors (Lipinski definition) is 1. The molecular weight excluding hydrogens is 268 g/mol. The fraction of sp³-hybridized carbons (Fsp3) is 0.150. The molecule has 4 aromatic rings. The van der Waals surface area contributed by atoms with Gasteiger partial charge in [-0.3, -0.25) is 4.98 Å². The van der Waals surface area contributed by atoms with Crippen molar-refractivity contribution in [1.29, 1.82) is 0 Å². The van der Waals surface area contributed by atoms with Crippen molar-refractivity contribution in [3.05, 3.63) is 66.0 Å². The van der Waals surface area contributed by atoms with Crippen LogP contribution < -0.4 is 0 Å². The number of rotatable bonds is 1. The van der Waals surface area contributed by atoms with Crippen molar-refractivity contribution < 1.29 is 0 Å². The molecule has 0 fully saturated rings. The SMILES string of the molecule is Cc1cc2c(c(C)n1)c1cccc(-c3ccccc3)c1n2C. The lowest BCUT2D eigenvalue weighted by Gasteiger charge is -2.06. The van der Waals surface area contributed by atoms with Crippen LogP contribution in [-0.4, -0.2) is 9.55 Å². The molecule has 4 rings (SSSR count). The Labute approximate surface area is 130 Å². The van der Waals surface area contributed by atoms with E-state index in [2.05, 4.69) is 85.0 Å². The number of fused-ring (bicyclic) bond motifs is 3. The average molecular weight is 286 g/mol. The number of aromatic nitrogens is 2. The third kappa shape index (κ3) is 1.77. The van der Waals surface area contributed by atoms with Gasteiger partial charge in [0.15, 0.2) is 0 Å². The molecule has 2 aromatic carbocycles. The second kappa shape index (κ2) is 4.70. The van der Waals surface area contributed by atoms with Gasteiger partial charge in [-0.1, -0.05) is 48.5 Å². The molecule has 0 atom stereocenters. The highest BCUT2D eigenvalue weighted by Crippen LogP contribution is 2.36. The molecule has 0 aliphatic carbocycles. The van der Waals surface area contributed by atoms with Gasteiger partial charge in [-0.25, -0.2) is 0 Å². The zero-order valence-corrected chi connectivity index (χ0v) is 13.1. The Morgan fingerprint density at radius 3 is 2.45 bits per heavy atom. The summed E-state index contributed by atoms with van der Waals surface area (Å²) in [5.41, 5.74) is 7.22. The number of nitrogens with zero attached hydrogens (tertiary/aromatic N) is 2. The van der Waals surface area contributed by atoms with Crippen LogP contribution in [0.3, 0.4) is 0 Å². The molecule has 2 nitrogen and oxygen atoms in total. The molecule has 0 spiro atoms. The maximum absolute atomic E-state index is 4.65. The Balaban J connectivity index is 2.21. The number of para-hydroxylation sites is 1. The van der Waals surface area contributed by atoms with Gasteiger partial charge in [0, 0.05) is 34.8 Å². The molecule has 0 N–H and O–H groups in total. The number of hydrogen-bond donors (Lipinski definition) is 0. The summed E-state index contributed by atoms with van der Waals surface area (Å²) in [6.07, 6.45) is 0. The van der Waals surface area contributed by atoms with E-state index in [0.29, 0.717) is 0 Å². The van der Waals surface area contributed by atoms with E-state index < -0.39 is 0 Å². The van der Waals surface area contributed by atoms with Gasteiger partial charge >= 0.3 is 0 Å². The van der Waals surface area contributed by atoms with E-state index in [0.717, 1.165) is 11.4 Å². The molecule has 22 heavy (non-hydrogen) atoms. The first-order chi connectivity index (χ1) is 10.7. The second-order valence-corrected chi connectivity index (χ2v) is 5.87. The van der Waals surface area contributed by atoms with Crippen LogP contribution >= 0.6 is 0 Å². The first-order valence-corrected chi connectivity index (χ1v) is 7.57. The molecule has 0 bridgehead atoms. The summed E-state index contributed by atoms with van der Waals surface area (Å²) >= 11 is 0. The van der Waals surface area contributed by atoms with Gasteiger partial charge in [-0.15, -0.1) is 0 Å². The van der Waals surface area contributed by atoms with Crippen LogP contribution in [0, 0.1) is 13.8 Å². The minimum absolute atomic E-state index is 1.07. The zero-order chi connectivity index (χ0) is 15.3. The number of pyridine rings is 1. The van der Waals surface area contributed by atoms with Crippen molar-refractivity contribution in [2.24, 2.45) is 7.05 Å². The molecule has 2 heteroatoms. The van der Waals surface area contributed by atoms with Crippen LogP contribution in [0.4, 0.5) is 0 Å². The summed E-state index contributed by atoms with van der Waals surface area (Å²) in [7, 11) is 2.15. The Morgan fingerprint density at radius 2 is 1.68 bits per heavy atom. The van der Waals surface area contributed by atoms with Crippen molar-refractivity contribution in [2.75, 3.05) is 0 Å². The van der Waals surface area contributed by atoms with Crippen LogP contribution in [0.2, 0.25) is 0 Å². The van der Waals surface area contributed by atoms with E-state index in [9.17, 15) is 0 Å². The van der Waals surface area contributed by atoms with Crippen LogP contribution in [-0.2, 0) is 7.05 Å². The Kier molecular flexibility index (Phi) is 2.80. The third-order valence-electron chi connectivity index (χ3n) is 4.39. The summed E-state index contributed by atoms with van der Waals surface area (Å²) in [4.78, 5) is 4.65. The molecule has 0 amide bonds. The highest BCUT2D eigenvalue weighted by atomic mass is 14.9. The van der Waals surface area contributed by atoms with Gasteiger partial charge in [0.05, 0.1) is 11.0 Å². The van der Waals surface area contributed by atoms with E-state index in [1.807, 2.05) is 0 Å². The molecule has 0 radical (unpaired) electrons. The van der Waals surface area contributed by atoms with E-state index in [-0.39, 0.29) is 0 Å². The van der Waals surface area contributed by atoms with Gasteiger partial charge in [0.25, 0.3) is 0 Å². The standard InChI is InChI=1S/C20H18N2/c1-13-12-18-19(14(2)21-13)17-11-7-10-16(20(17)22(18)3)15-8-5-4-6-9-15/h4-12H,1-3H3. The lowest BCUT2D eigenvalue weighted by Crippen LogP contribution is -1.92. The molecule has 0 aliphatic heterocycles. The fourth-order valence-electron chi connectivity index (χ4n) is 3.48. The molecule has 0 unspecified atom stereocenters. The number of aryl methyl sites for hydroxylation is 3. The lowest BCUT2D eigenvalue weighted by molar-refractivity contribution is 1.01. The summed E-state index contributed by atoms with van der Waals surface area (Å²) in [6, 6.07) is 19.3. The maximum atomic E-state index is 4.65. The largest absolute Gasteiger partial charge is 0.343 e. The Morgan fingerprint density at radius 1 is 0.909 bits per heavy atom. The minimum Gasteiger partial charge on any atom is -0.343 e. The first kappa shape index (κ1) is 13.1. The van der Waals surface area contributed by atoms with Gasteiger partial charge in [-0.2, -0.15) is 0 Å². The predicted octanol–water partition coefficient (Wildman–Crippen LogP) is 5.01. The zero-order valence-electron chi connectivity index (χ0n) is 13.1. The van der Waals surface area contributed by atoms with Crippen LogP contribution in [0.25, 0.3) is 32.9 Å². The Hall–Kier alpha value is -2.61. The maximum Gasteiger partial charge on any atom is 0.0569 e. The normalized spacial score (nSPS) is 11.4. The van der Waals surface area contributed by atoms with Gasteiger partial charge in [-0.05, 0) is 25.5 Å². The highest BCUT2D eigenvalue weighted by molar-refractivity contribution is 6.13. The quantitative estimate of drug-likeness (QED) is 0.481. The molecule has 2 heterocycles. The van der Waals surface area contributed by atoms with Crippen molar-refractivity contribution in [1.82, 2.24) is 9.55 Å². The Bertz CT molecular complexity index is 995. The molecular formula is C20H18N2. The third-order valence-corrected chi connectivity index (χ3v) is 4.39. The van der Waals surface area contributed by atoms with E-state index in [1.54, 1.807) is 0 Å². The van der Waals surface area contributed by atoms with Gasteiger partial charge < -0.3 is 4.57 Å². The summed E-state index contributed by atoms with van der Waals surface area (Å²) < 4.78 is 2.30. The van der Waals surface area contributed by atoms with Gasteiger partial charge in [0.2, 0.25) is 0 Å². The van der Waals surface area contributed by atoms with Crippen LogP contribution in [0.1, 0.15) is 11.4 Å². The summed E-state index contributed by atoms with van der Waals surface area (Å²) in [5.74, 6) is 0. The van der Waals surface area contributed by atoms with Gasteiger partial charge in [0.1, 0.15) is 0 Å². The van der Waals surface area contributed by atoms with Crippen molar-refractivity contribution >= 4 is 21.8 Å². The number of benzene rings is 2. The van der Waals surface area contributed by atoms with Crippen molar-refractivity contribution in [3.63, 3.8) is 0 Å². The molecule has 0 saturated heterocycles. The van der Waals surface area contributed by atoms with E-state index in [1.165, 1.54) is 32.9 Å². The van der Waals surface area contributed by atoms with E-state index in [4.69, 9.17) is 0 Å². The highest BCUT2D eigenvalue weighted by Gasteiger charge is 2.15. The summed E-state index contributed by atoms with van der Waals surface area (Å²) in [6.45, 7) is 4.16. The average Bonchev–Trinajstić information content (AvgIpc) is 2.81. The van der Waals surface area contributed by atoms with Crippen molar-refractivity contribution in [2.45, 2.75) is 13.8 Å². The summed E-state index contributed by atoms with van der Waals surface area (Å²) in [5, 5.41) is 2.55. The molecule has 0 saturated carbocycles. The second-order valence-electron chi connectivity index (χ2n) is 5.87. The molecule has 0 aliphatic rings. The van der Waals surface area contributed by atoms with Crippen molar-refractivity contribution in [3.8, 4) is 11.1 Å². The molecule has 2 aromatic heterocycles. The smallest absolute Gasteiger partial charge is 0.0569 e. The monoisotopic (exact) mass is 286 g/mol. The predicted molar refractivity (Wildman–Crippen MR) is 93.1 cm³/mol. The van der Waals surface area contributed by atoms with E-state index >= 15 is 0 Å². The van der Waals surface area contributed by atoms with Crippen LogP contribution in [0.15, 0.2) is 54.6 Å². The minimum atomic E-state index is 1.07. The lowest BCUT2D eigenvalue weighted by atomic mass is 10.0. The van der Waals surface area contributed by atoms with Crippen LogP contribution in [0.5, 0.6) is 0 Å². The topological polar surface area (TPSA) is 17.8 Å². The fourth-order valence-corrected chi connectivity index (χ4v) is 3.48. The molecule has 108 valence electrons. The first-order valence-electron chi connectivity index (χ1n) is 7.57.